The Balaban J connectivity index is 1.64. The molecular formula is C20H19F2NO4. The Bertz CT molecular complexity index is 813. The second-order valence-corrected chi connectivity index (χ2v) is 5.19. The van der Waals surface area contributed by atoms with Gasteiger partial charge >= 0.3 is 0 Å². The van der Waals surface area contributed by atoms with E-state index >= 15 is 0 Å². The Hall–Kier alpha value is -3.27. The number of amides is 1. The van der Waals surface area contributed by atoms with Crippen molar-refractivity contribution in [1.29, 1.82) is 0 Å². The first-order chi connectivity index (χ1) is 13.1. The zero-order valence-corrected chi connectivity index (χ0v) is 14.8. The summed E-state index contributed by atoms with van der Waals surface area (Å²) in [7, 11) is 0. The molecule has 0 bridgehead atoms. The van der Waals surface area contributed by atoms with Crippen LogP contribution >= 0.6 is 0 Å². The number of rotatable bonds is 8. The number of halogens is 2. The Morgan fingerprint density at radius 1 is 1.00 bits per heavy atom. The van der Waals surface area contributed by atoms with Crippen molar-refractivity contribution in [2.45, 2.75) is 6.92 Å². The fourth-order valence-electron chi connectivity index (χ4n) is 1.96. The van der Waals surface area contributed by atoms with Crippen molar-refractivity contribution < 1.29 is 27.8 Å². The molecule has 0 atom stereocenters. The maximum atomic E-state index is 13.3. The minimum atomic E-state index is -0.795. The lowest BCUT2D eigenvalue weighted by Crippen LogP contribution is -2.29. The molecule has 0 saturated carbocycles. The molecule has 0 aromatic heterocycles. The molecule has 2 rings (SSSR count). The van der Waals surface area contributed by atoms with Gasteiger partial charge in [0.05, 0.1) is 13.2 Å². The van der Waals surface area contributed by atoms with E-state index < -0.39 is 11.6 Å². The monoisotopic (exact) mass is 375 g/mol. The van der Waals surface area contributed by atoms with E-state index in [9.17, 15) is 13.6 Å². The van der Waals surface area contributed by atoms with Gasteiger partial charge < -0.3 is 19.5 Å². The molecule has 142 valence electrons. The summed E-state index contributed by atoms with van der Waals surface area (Å²) < 4.78 is 41.8. The molecule has 1 amide bonds. The topological polar surface area (TPSA) is 56.8 Å². The van der Waals surface area contributed by atoms with Gasteiger partial charge in [0.25, 0.3) is 5.91 Å². The molecule has 0 fully saturated rings. The van der Waals surface area contributed by atoms with Gasteiger partial charge in [-0.1, -0.05) is 11.8 Å². The predicted molar refractivity (Wildman–Crippen MR) is 95.7 cm³/mol. The number of hydrogen-bond acceptors (Lipinski definition) is 4. The zero-order chi connectivity index (χ0) is 19.5. The van der Waals surface area contributed by atoms with Gasteiger partial charge in [-0.3, -0.25) is 4.79 Å². The van der Waals surface area contributed by atoms with Crippen LogP contribution in [-0.2, 0) is 4.79 Å². The molecular weight excluding hydrogens is 356 g/mol. The van der Waals surface area contributed by atoms with E-state index in [4.69, 9.17) is 14.2 Å². The van der Waals surface area contributed by atoms with Crippen LogP contribution in [0.25, 0.3) is 0 Å². The molecule has 0 aliphatic heterocycles. The van der Waals surface area contributed by atoms with Gasteiger partial charge in [0.1, 0.15) is 23.9 Å². The van der Waals surface area contributed by atoms with Gasteiger partial charge in [-0.15, -0.1) is 0 Å². The number of nitrogens with one attached hydrogen (secondary N) is 1. The average molecular weight is 375 g/mol. The van der Waals surface area contributed by atoms with Crippen molar-refractivity contribution in [3.05, 3.63) is 54.1 Å². The fraction of sp³-hybridized carbons (Fsp3) is 0.250. The van der Waals surface area contributed by atoms with Crippen molar-refractivity contribution >= 4 is 5.91 Å². The number of carbonyl (C=O) groups is 1. The van der Waals surface area contributed by atoms with Gasteiger partial charge in [0.15, 0.2) is 18.2 Å². The fourth-order valence-corrected chi connectivity index (χ4v) is 1.96. The maximum absolute atomic E-state index is 13.3. The van der Waals surface area contributed by atoms with Crippen LogP contribution in [0.15, 0.2) is 42.5 Å². The molecule has 0 spiro atoms. The van der Waals surface area contributed by atoms with E-state index in [1.807, 2.05) is 6.92 Å². The van der Waals surface area contributed by atoms with Crippen molar-refractivity contribution in [2.24, 2.45) is 0 Å². The first-order valence-corrected chi connectivity index (χ1v) is 8.24. The van der Waals surface area contributed by atoms with Crippen LogP contribution in [0.1, 0.15) is 6.92 Å². The Kier molecular flexibility index (Phi) is 7.92. The Morgan fingerprint density at radius 3 is 2.37 bits per heavy atom. The highest BCUT2D eigenvalue weighted by Crippen LogP contribution is 2.18. The summed E-state index contributed by atoms with van der Waals surface area (Å²) in [5.74, 6) is 4.67. The van der Waals surface area contributed by atoms with Crippen molar-refractivity contribution in [3.8, 4) is 29.1 Å². The third-order valence-corrected chi connectivity index (χ3v) is 3.20. The first-order valence-electron chi connectivity index (χ1n) is 8.24. The zero-order valence-electron chi connectivity index (χ0n) is 14.8. The largest absolute Gasteiger partial charge is 0.494 e. The smallest absolute Gasteiger partial charge is 0.258 e. The number of ether oxygens (including phenoxy) is 3. The van der Waals surface area contributed by atoms with Crippen LogP contribution in [0.5, 0.6) is 17.2 Å². The highest BCUT2D eigenvalue weighted by molar-refractivity contribution is 5.77. The second kappa shape index (κ2) is 10.7. The number of hydrogen-bond donors (Lipinski definition) is 1. The molecule has 0 saturated heterocycles. The van der Waals surface area contributed by atoms with Crippen LogP contribution in [0.4, 0.5) is 8.78 Å². The standard InChI is InChI=1S/C20H19F2NO4/c1-2-25-16-6-8-17(9-7-16)27-14-20(24)23-11-3-4-12-26-19-10-5-15(21)13-18(19)22/h5-10,13H,2,11-12,14H2,1H3,(H,23,24). The molecule has 2 aromatic carbocycles. The summed E-state index contributed by atoms with van der Waals surface area (Å²) in [5.41, 5.74) is 0. The molecule has 0 aliphatic carbocycles. The minimum Gasteiger partial charge on any atom is -0.494 e. The molecule has 0 unspecified atom stereocenters. The van der Waals surface area contributed by atoms with E-state index in [-0.39, 0.29) is 31.4 Å². The van der Waals surface area contributed by atoms with Crippen LogP contribution in [0, 0.1) is 23.5 Å². The van der Waals surface area contributed by atoms with Gasteiger partial charge in [-0.2, -0.15) is 0 Å². The van der Waals surface area contributed by atoms with Crippen LogP contribution in [0.2, 0.25) is 0 Å². The SMILES string of the molecule is CCOc1ccc(OCC(=O)NCC#CCOc2ccc(F)cc2F)cc1. The van der Waals surface area contributed by atoms with E-state index in [2.05, 4.69) is 17.2 Å². The summed E-state index contributed by atoms with van der Waals surface area (Å²) >= 11 is 0. The highest BCUT2D eigenvalue weighted by Gasteiger charge is 2.04. The van der Waals surface area contributed by atoms with E-state index in [0.717, 1.165) is 17.9 Å². The van der Waals surface area contributed by atoms with Gasteiger partial charge in [0, 0.05) is 6.07 Å². The lowest BCUT2D eigenvalue weighted by atomic mass is 10.3. The highest BCUT2D eigenvalue weighted by atomic mass is 19.1. The quantitative estimate of drug-likeness (QED) is 0.721. The maximum Gasteiger partial charge on any atom is 0.258 e. The van der Waals surface area contributed by atoms with E-state index in [1.165, 1.54) is 6.07 Å². The lowest BCUT2D eigenvalue weighted by molar-refractivity contribution is -0.122. The molecule has 0 radical (unpaired) electrons. The summed E-state index contributed by atoms with van der Waals surface area (Å²) in [5, 5.41) is 2.56. The van der Waals surface area contributed by atoms with Crippen molar-refractivity contribution in [3.63, 3.8) is 0 Å². The summed E-state index contributed by atoms with van der Waals surface area (Å²) in [6, 6.07) is 9.95. The van der Waals surface area contributed by atoms with E-state index in [0.29, 0.717) is 12.4 Å². The molecule has 27 heavy (non-hydrogen) atoms. The summed E-state index contributed by atoms with van der Waals surface area (Å²) in [4.78, 5) is 11.7. The predicted octanol–water partition coefficient (Wildman–Crippen LogP) is 2.94. The van der Waals surface area contributed by atoms with Crippen LogP contribution in [0.3, 0.4) is 0 Å². The molecule has 5 nitrogen and oxygen atoms in total. The van der Waals surface area contributed by atoms with Crippen molar-refractivity contribution in [2.75, 3.05) is 26.4 Å². The molecule has 0 heterocycles. The van der Waals surface area contributed by atoms with Crippen LogP contribution < -0.4 is 19.5 Å². The third kappa shape index (κ3) is 7.24. The molecule has 2 aromatic rings. The Labute approximate surface area is 156 Å². The second-order valence-electron chi connectivity index (χ2n) is 5.19. The molecule has 0 aliphatic rings. The summed E-state index contributed by atoms with van der Waals surface area (Å²) in [6.45, 7) is 2.34. The first kappa shape index (κ1) is 20.0. The number of carbonyl (C=O) groups excluding carboxylic acids is 1. The lowest BCUT2D eigenvalue weighted by Gasteiger charge is -2.07. The average Bonchev–Trinajstić information content (AvgIpc) is 2.65. The van der Waals surface area contributed by atoms with Gasteiger partial charge in [-0.25, -0.2) is 8.78 Å². The third-order valence-electron chi connectivity index (χ3n) is 3.20. The van der Waals surface area contributed by atoms with Gasteiger partial charge in [-0.05, 0) is 43.3 Å². The molecule has 1 N–H and O–H groups in total. The normalized spacial score (nSPS) is 9.74. The minimum absolute atomic E-state index is 0.0822. The van der Waals surface area contributed by atoms with Gasteiger partial charge in [0.2, 0.25) is 0 Å². The number of benzene rings is 2. The molecule has 7 heteroatoms. The summed E-state index contributed by atoms with van der Waals surface area (Å²) in [6.07, 6.45) is 0. The van der Waals surface area contributed by atoms with Crippen LogP contribution in [-0.4, -0.2) is 32.3 Å². The Morgan fingerprint density at radius 2 is 1.70 bits per heavy atom. The van der Waals surface area contributed by atoms with E-state index in [1.54, 1.807) is 24.3 Å². The van der Waals surface area contributed by atoms with Crippen molar-refractivity contribution in [1.82, 2.24) is 5.32 Å².